The van der Waals surface area contributed by atoms with E-state index < -0.39 is 0 Å². The summed E-state index contributed by atoms with van der Waals surface area (Å²) in [6, 6.07) is 10.1. The van der Waals surface area contributed by atoms with Gasteiger partial charge in [-0.05, 0) is 92.9 Å². The number of benzene rings is 2. The van der Waals surface area contributed by atoms with Crippen molar-refractivity contribution < 1.29 is 18.7 Å². The smallest absolute Gasteiger partial charge is 0.161 e. The standard InChI is InChI=1S/C26H22Br2FNO3/c27-17-11-15(12-18(28)26(17)33-13-14-7-9-16(29)10-8-14)23-24-19(3-1-5-21(24)31)30-20-4-2-6-22(32)25(20)23/h7-12,23,30H,1-6,13H2. The number of nitrogens with one attached hydrogen (secondary N) is 1. The number of Topliss-reactive ketones (excluding diaryl/α,β-unsaturated/α-hetero) is 2. The first-order chi connectivity index (χ1) is 15.9. The number of allylic oxidation sites excluding steroid dienone is 4. The molecule has 2 aromatic rings. The molecule has 33 heavy (non-hydrogen) atoms. The summed E-state index contributed by atoms with van der Waals surface area (Å²) in [5.74, 6) is 0.190. The fraction of sp³-hybridized carbons (Fsp3) is 0.308. The van der Waals surface area contributed by atoms with Crippen molar-refractivity contribution in [3.8, 4) is 5.75 Å². The molecule has 0 bridgehead atoms. The summed E-state index contributed by atoms with van der Waals surface area (Å²) in [6.45, 7) is 0.283. The highest BCUT2D eigenvalue weighted by Gasteiger charge is 2.40. The van der Waals surface area contributed by atoms with Crippen molar-refractivity contribution >= 4 is 43.4 Å². The van der Waals surface area contributed by atoms with Gasteiger partial charge < -0.3 is 10.1 Å². The van der Waals surface area contributed by atoms with E-state index in [1.165, 1.54) is 12.1 Å². The summed E-state index contributed by atoms with van der Waals surface area (Å²) in [4.78, 5) is 26.0. The van der Waals surface area contributed by atoms with E-state index in [9.17, 15) is 14.0 Å². The largest absolute Gasteiger partial charge is 0.487 e. The Kier molecular flexibility index (Phi) is 6.27. The Hall–Kier alpha value is -2.25. The molecule has 1 aliphatic heterocycles. The molecule has 2 aromatic carbocycles. The van der Waals surface area contributed by atoms with E-state index in [4.69, 9.17) is 4.74 Å². The van der Waals surface area contributed by atoms with Gasteiger partial charge in [0, 0.05) is 41.3 Å². The van der Waals surface area contributed by atoms with Crippen molar-refractivity contribution in [2.24, 2.45) is 0 Å². The zero-order chi connectivity index (χ0) is 23.1. The molecule has 5 rings (SSSR count). The highest BCUT2D eigenvalue weighted by atomic mass is 79.9. The van der Waals surface area contributed by atoms with Crippen LogP contribution in [0.25, 0.3) is 0 Å². The lowest BCUT2D eigenvalue weighted by Crippen LogP contribution is -2.36. The highest BCUT2D eigenvalue weighted by molar-refractivity contribution is 9.11. The van der Waals surface area contributed by atoms with Gasteiger partial charge in [0.1, 0.15) is 18.2 Å². The second-order valence-electron chi connectivity index (χ2n) is 8.62. The first-order valence-electron chi connectivity index (χ1n) is 11.1. The minimum Gasteiger partial charge on any atom is -0.487 e. The van der Waals surface area contributed by atoms with Gasteiger partial charge in [-0.3, -0.25) is 9.59 Å². The van der Waals surface area contributed by atoms with Gasteiger partial charge in [0.05, 0.1) is 8.95 Å². The van der Waals surface area contributed by atoms with Crippen LogP contribution in [0.3, 0.4) is 0 Å². The summed E-state index contributed by atoms with van der Waals surface area (Å²) in [7, 11) is 0. The number of hydrogen-bond donors (Lipinski definition) is 1. The van der Waals surface area contributed by atoms with Gasteiger partial charge in [0.25, 0.3) is 0 Å². The number of halogens is 3. The number of ketones is 2. The zero-order valence-corrected chi connectivity index (χ0v) is 21.0. The quantitative estimate of drug-likeness (QED) is 0.445. The van der Waals surface area contributed by atoms with Gasteiger partial charge in [0.15, 0.2) is 11.6 Å². The lowest BCUT2D eigenvalue weighted by atomic mass is 9.71. The lowest BCUT2D eigenvalue weighted by molar-refractivity contribution is -0.116. The molecule has 1 N–H and O–H groups in total. The van der Waals surface area contributed by atoms with E-state index in [2.05, 4.69) is 37.2 Å². The third-order valence-corrected chi connectivity index (χ3v) is 7.62. The van der Waals surface area contributed by atoms with Gasteiger partial charge in [-0.25, -0.2) is 4.39 Å². The van der Waals surface area contributed by atoms with Crippen LogP contribution >= 0.6 is 31.9 Å². The second kappa shape index (κ2) is 9.18. The van der Waals surface area contributed by atoms with Crippen LogP contribution in [0.2, 0.25) is 0 Å². The molecule has 3 aliphatic rings. The maximum absolute atomic E-state index is 13.2. The van der Waals surface area contributed by atoms with E-state index >= 15 is 0 Å². The van der Waals surface area contributed by atoms with Gasteiger partial charge in [-0.15, -0.1) is 0 Å². The van der Waals surface area contributed by atoms with Gasteiger partial charge in [-0.2, -0.15) is 0 Å². The minimum atomic E-state index is -0.365. The molecule has 2 aliphatic carbocycles. The van der Waals surface area contributed by atoms with E-state index in [1.54, 1.807) is 12.1 Å². The Bertz CT molecular complexity index is 1150. The van der Waals surface area contributed by atoms with Crippen molar-refractivity contribution in [3.05, 3.63) is 84.8 Å². The average molecular weight is 575 g/mol. The maximum atomic E-state index is 13.2. The van der Waals surface area contributed by atoms with Crippen molar-refractivity contribution in [2.45, 2.75) is 51.0 Å². The molecule has 0 spiro atoms. The summed E-state index contributed by atoms with van der Waals surface area (Å²) < 4.78 is 20.6. The van der Waals surface area contributed by atoms with E-state index in [1.807, 2.05) is 12.1 Å². The van der Waals surface area contributed by atoms with Gasteiger partial charge >= 0.3 is 0 Å². The van der Waals surface area contributed by atoms with Crippen LogP contribution in [0.15, 0.2) is 67.9 Å². The number of rotatable bonds is 4. The topological polar surface area (TPSA) is 55.4 Å². The van der Waals surface area contributed by atoms with Gasteiger partial charge in [0.2, 0.25) is 0 Å². The molecule has 0 fully saturated rings. The van der Waals surface area contributed by atoms with Crippen LogP contribution in [-0.2, 0) is 16.2 Å². The highest BCUT2D eigenvalue weighted by Crippen LogP contribution is 2.47. The molecular formula is C26H22Br2FNO3. The lowest BCUT2D eigenvalue weighted by Gasteiger charge is -2.37. The first kappa shape index (κ1) is 22.5. The summed E-state index contributed by atoms with van der Waals surface area (Å²) in [5, 5.41) is 3.44. The molecule has 0 aromatic heterocycles. The number of carbonyl (C=O) groups is 2. The van der Waals surface area contributed by atoms with E-state index in [0.717, 1.165) is 68.3 Å². The van der Waals surface area contributed by atoms with Crippen LogP contribution in [-0.4, -0.2) is 11.6 Å². The average Bonchev–Trinajstić information content (AvgIpc) is 2.79. The predicted molar refractivity (Wildman–Crippen MR) is 130 cm³/mol. The Balaban J connectivity index is 1.52. The normalized spacial score (nSPS) is 18.8. The Morgan fingerprint density at radius 1 is 0.879 bits per heavy atom. The molecule has 170 valence electrons. The van der Waals surface area contributed by atoms with Gasteiger partial charge in [-0.1, -0.05) is 12.1 Å². The van der Waals surface area contributed by atoms with Crippen molar-refractivity contribution in [1.82, 2.24) is 5.32 Å². The molecule has 7 heteroatoms. The number of carbonyl (C=O) groups excluding carboxylic acids is 2. The van der Waals surface area contributed by atoms with Crippen molar-refractivity contribution in [3.63, 3.8) is 0 Å². The minimum absolute atomic E-state index is 0.113. The SMILES string of the molecule is O=C1CCCC2=C1C(c1cc(Br)c(OCc3ccc(F)cc3)c(Br)c1)C1=C(CCCC1=O)N2. The zero-order valence-electron chi connectivity index (χ0n) is 17.8. The molecule has 0 atom stereocenters. The maximum Gasteiger partial charge on any atom is 0.161 e. The van der Waals surface area contributed by atoms with Crippen LogP contribution in [0.1, 0.15) is 55.6 Å². The van der Waals surface area contributed by atoms with Crippen LogP contribution < -0.4 is 10.1 Å². The molecule has 4 nitrogen and oxygen atoms in total. The van der Waals surface area contributed by atoms with Crippen molar-refractivity contribution in [1.29, 1.82) is 0 Å². The van der Waals surface area contributed by atoms with E-state index in [-0.39, 0.29) is 29.9 Å². The molecular weight excluding hydrogens is 553 g/mol. The molecule has 0 saturated carbocycles. The molecule has 1 heterocycles. The molecule has 0 unspecified atom stereocenters. The summed E-state index contributed by atoms with van der Waals surface area (Å²) in [5.41, 5.74) is 5.13. The predicted octanol–water partition coefficient (Wildman–Crippen LogP) is 6.63. The molecule has 0 radical (unpaired) electrons. The monoisotopic (exact) mass is 573 g/mol. The van der Waals surface area contributed by atoms with E-state index in [0.29, 0.717) is 18.6 Å². The van der Waals surface area contributed by atoms with Crippen LogP contribution in [0, 0.1) is 5.82 Å². The molecule has 0 amide bonds. The Morgan fingerprint density at radius 3 is 1.97 bits per heavy atom. The number of dihydropyridines is 1. The summed E-state index contributed by atoms with van der Waals surface area (Å²) >= 11 is 7.25. The second-order valence-corrected chi connectivity index (χ2v) is 10.3. The third kappa shape index (κ3) is 4.33. The summed E-state index contributed by atoms with van der Waals surface area (Å²) in [6.07, 6.45) is 4.33. The molecule has 0 saturated heterocycles. The first-order valence-corrected chi connectivity index (χ1v) is 12.7. The Morgan fingerprint density at radius 2 is 1.42 bits per heavy atom. The number of hydrogen-bond acceptors (Lipinski definition) is 4. The fourth-order valence-corrected chi connectivity index (χ4v) is 6.39. The van der Waals surface area contributed by atoms with Crippen LogP contribution in [0.4, 0.5) is 4.39 Å². The van der Waals surface area contributed by atoms with Crippen LogP contribution in [0.5, 0.6) is 5.75 Å². The Labute approximate surface area is 208 Å². The third-order valence-electron chi connectivity index (χ3n) is 6.44. The number of ether oxygens (including phenoxy) is 1. The van der Waals surface area contributed by atoms with Crippen molar-refractivity contribution in [2.75, 3.05) is 0 Å². The fourth-order valence-electron chi connectivity index (χ4n) is 4.94.